The number of thioether (sulfide) groups is 1. The number of rotatable bonds is 8. The van der Waals surface area contributed by atoms with Crippen LogP contribution in [-0.4, -0.2) is 34.6 Å². The molecule has 1 atom stereocenters. The molecule has 154 valence electrons. The zero-order chi connectivity index (χ0) is 20.6. The van der Waals surface area contributed by atoms with Gasteiger partial charge in [0.1, 0.15) is 6.04 Å². The quantitative estimate of drug-likeness (QED) is 0.649. The Bertz CT molecular complexity index is 801. The smallest absolute Gasteiger partial charge is 0.242 e. The first-order chi connectivity index (χ1) is 14.0. The molecule has 2 aromatic rings. The molecular weight excluding hydrogens is 380 g/mol. The van der Waals surface area contributed by atoms with E-state index >= 15 is 0 Å². The van der Waals surface area contributed by atoms with Gasteiger partial charge in [-0.25, -0.2) is 0 Å². The molecule has 2 aromatic carbocycles. The van der Waals surface area contributed by atoms with Gasteiger partial charge in [-0.1, -0.05) is 60.9 Å². The highest BCUT2D eigenvalue weighted by Gasteiger charge is 2.28. The van der Waals surface area contributed by atoms with Crippen LogP contribution in [0.15, 0.2) is 59.5 Å². The zero-order valence-corrected chi connectivity index (χ0v) is 18.1. The molecule has 3 rings (SSSR count). The van der Waals surface area contributed by atoms with E-state index in [-0.39, 0.29) is 17.9 Å². The standard InChI is InChI=1S/C24H30N2O2S/c1-18-12-14-20(15-13-18)16-26(19(2)24(28)25-21-8-6-7-9-21)23(27)17-29-22-10-4-3-5-11-22/h3-5,10-15,19,21H,6-9,16-17H2,1-2H3,(H,25,28). The van der Waals surface area contributed by atoms with Gasteiger partial charge in [-0.05, 0) is 44.4 Å². The Morgan fingerprint density at radius 1 is 1.07 bits per heavy atom. The summed E-state index contributed by atoms with van der Waals surface area (Å²) in [5.41, 5.74) is 2.22. The van der Waals surface area contributed by atoms with E-state index in [4.69, 9.17) is 0 Å². The number of hydrogen-bond acceptors (Lipinski definition) is 3. The van der Waals surface area contributed by atoms with Gasteiger partial charge in [0.15, 0.2) is 0 Å². The molecule has 2 amide bonds. The van der Waals surface area contributed by atoms with E-state index < -0.39 is 6.04 Å². The third-order valence-electron chi connectivity index (χ3n) is 5.45. The van der Waals surface area contributed by atoms with Crippen LogP contribution in [0.5, 0.6) is 0 Å². The largest absolute Gasteiger partial charge is 0.352 e. The molecule has 0 radical (unpaired) electrons. The van der Waals surface area contributed by atoms with Crippen molar-refractivity contribution in [1.82, 2.24) is 10.2 Å². The Morgan fingerprint density at radius 3 is 2.38 bits per heavy atom. The van der Waals surface area contributed by atoms with E-state index in [1.54, 1.807) is 4.90 Å². The van der Waals surface area contributed by atoms with Gasteiger partial charge in [0, 0.05) is 17.5 Å². The summed E-state index contributed by atoms with van der Waals surface area (Å²) in [4.78, 5) is 28.7. The molecule has 1 fully saturated rings. The molecule has 1 unspecified atom stereocenters. The Balaban J connectivity index is 1.69. The second-order valence-electron chi connectivity index (χ2n) is 7.77. The van der Waals surface area contributed by atoms with Gasteiger partial charge in [-0.3, -0.25) is 9.59 Å². The van der Waals surface area contributed by atoms with Crippen LogP contribution in [0.3, 0.4) is 0 Å². The predicted octanol–water partition coefficient (Wildman–Crippen LogP) is 4.56. The van der Waals surface area contributed by atoms with E-state index in [0.29, 0.717) is 12.3 Å². The van der Waals surface area contributed by atoms with Crippen molar-refractivity contribution in [2.45, 2.75) is 63.1 Å². The molecule has 4 nitrogen and oxygen atoms in total. The molecule has 1 saturated carbocycles. The highest BCUT2D eigenvalue weighted by atomic mass is 32.2. The molecule has 0 spiro atoms. The lowest BCUT2D eigenvalue weighted by atomic mass is 10.1. The Labute approximate surface area is 178 Å². The van der Waals surface area contributed by atoms with Crippen LogP contribution in [0.2, 0.25) is 0 Å². The molecule has 0 aromatic heterocycles. The topological polar surface area (TPSA) is 49.4 Å². The van der Waals surface area contributed by atoms with Crippen LogP contribution < -0.4 is 5.32 Å². The Kier molecular flexibility index (Phi) is 7.76. The minimum atomic E-state index is -0.499. The highest BCUT2D eigenvalue weighted by molar-refractivity contribution is 8.00. The monoisotopic (exact) mass is 410 g/mol. The maximum absolute atomic E-state index is 13.1. The van der Waals surface area contributed by atoms with Crippen LogP contribution in [-0.2, 0) is 16.1 Å². The summed E-state index contributed by atoms with van der Waals surface area (Å²) in [6.07, 6.45) is 4.40. The lowest BCUT2D eigenvalue weighted by Gasteiger charge is -2.29. The van der Waals surface area contributed by atoms with Crippen LogP contribution in [0, 0.1) is 6.92 Å². The third-order valence-corrected chi connectivity index (χ3v) is 6.44. The zero-order valence-electron chi connectivity index (χ0n) is 17.3. The number of amides is 2. The number of benzene rings is 2. The first kappa shape index (κ1) is 21.4. The van der Waals surface area contributed by atoms with Crippen LogP contribution in [0.25, 0.3) is 0 Å². The molecule has 5 heteroatoms. The molecule has 0 aliphatic heterocycles. The SMILES string of the molecule is Cc1ccc(CN(C(=O)CSc2ccccc2)C(C)C(=O)NC2CCCC2)cc1. The van der Waals surface area contributed by atoms with E-state index in [1.165, 1.54) is 30.2 Å². The molecule has 0 saturated heterocycles. The minimum absolute atomic E-state index is 0.0199. The fourth-order valence-corrected chi connectivity index (χ4v) is 4.42. The van der Waals surface area contributed by atoms with E-state index in [9.17, 15) is 9.59 Å². The summed E-state index contributed by atoms with van der Waals surface area (Å²) in [5.74, 6) is 0.243. The van der Waals surface area contributed by atoms with Crippen LogP contribution in [0.4, 0.5) is 0 Å². The van der Waals surface area contributed by atoms with Gasteiger partial charge >= 0.3 is 0 Å². The number of nitrogens with one attached hydrogen (secondary N) is 1. The molecule has 1 N–H and O–H groups in total. The molecule has 1 aliphatic rings. The van der Waals surface area contributed by atoms with Crippen molar-refractivity contribution in [1.29, 1.82) is 0 Å². The number of carbonyl (C=O) groups is 2. The third kappa shape index (κ3) is 6.36. The molecule has 0 heterocycles. The van der Waals surface area contributed by atoms with Gasteiger partial charge in [0.2, 0.25) is 11.8 Å². The van der Waals surface area contributed by atoms with Gasteiger partial charge in [0.25, 0.3) is 0 Å². The summed E-state index contributed by atoms with van der Waals surface area (Å²) < 4.78 is 0. The maximum atomic E-state index is 13.1. The first-order valence-corrected chi connectivity index (χ1v) is 11.3. The summed E-state index contributed by atoms with van der Waals surface area (Å²) >= 11 is 1.51. The van der Waals surface area contributed by atoms with E-state index in [2.05, 4.69) is 5.32 Å². The van der Waals surface area contributed by atoms with Crippen molar-refractivity contribution in [2.75, 3.05) is 5.75 Å². The number of carbonyl (C=O) groups excluding carboxylic acids is 2. The van der Waals surface area contributed by atoms with Crippen molar-refractivity contribution in [3.05, 3.63) is 65.7 Å². The second-order valence-corrected chi connectivity index (χ2v) is 8.82. The van der Waals surface area contributed by atoms with Crippen molar-refractivity contribution < 1.29 is 9.59 Å². The average molecular weight is 411 g/mol. The van der Waals surface area contributed by atoms with Gasteiger partial charge in [-0.2, -0.15) is 0 Å². The fraction of sp³-hybridized carbons (Fsp3) is 0.417. The minimum Gasteiger partial charge on any atom is -0.352 e. The number of nitrogens with zero attached hydrogens (tertiary/aromatic N) is 1. The molecular formula is C24H30N2O2S. The van der Waals surface area contributed by atoms with Gasteiger partial charge in [-0.15, -0.1) is 11.8 Å². The average Bonchev–Trinajstić information content (AvgIpc) is 3.25. The summed E-state index contributed by atoms with van der Waals surface area (Å²) in [7, 11) is 0. The van der Waals surface area contributed by atoms with Crippen molar-refractivity contribution in [2.24, 2.45) is 0 Å². The normalized spacial score (nSPS) is 15.1. The predicted molar refractivity (Wildman–Crippen MR) is 119 cm³/mol. The Morgan fingerprint density at radius 2 is 1.72 bits per heavy atom. The fourth-order valence-electron chi connectivity index (χ4n) is 3.61. The number of aryl methyl sites for hydroxylation is 1. The van der Waals surface area contributed by atoms with E-state index in [0.717, 1.165) is 23.3 Å². The summed E-state index contributed by atoms with van der Waals surface area (Å²) in [6.45, 7) is 4.32. The van der Waals surface area contributed by atoms with Crippen molar-refractivity contribution >= 4 is 23.6 Å². The second kappa shape index (κ2) is 10.5. The summed E-state index contributed by atoms with van der Waals surface area (Å²) in [6, 6.07) is 17.8. The Hall–Kier alpha value is -2.27. The first-order valence-electron chi connectivity index (χ1n) is 10.4. The lowest BCUT2D eigenvalue weighted by molar-refractivity contribution is -0.138. The molecule has 0 bridgehead atoms. The van der Waals surface area contributed by atoms with E-state index in [1.807, 2.05) is 68.4 Å². The molecule has 29 heavy (non-hydrogen) atoms. The lowest BCUT2D eigenvalue weighted by Crippen LogP contribution is -2.50. The summed E-state index contributed by atoms with van der Waals surface area (Å²) in [5, 5.41) is 3.14. The maximum Gasteiger partial charge on any atom is 0.242 e. The van der Waals surface area contributed by atoms with Gasteiger partial charge in [0.05, 0.1) is 5.75 Å². The molecule has 1 aliphatic carbocycles. The van der Waals surface area contributed by atoms with Crippen LogP contribution in [0.1, 0.15) is 43.7 Å². The van der Waals surface area contributed by atoms with Gasteiger partial charge < -0.3 is 10.2 Å². The van der Waals surface area contributed by atoms with Crippen LogP contribution >= 0.6 is 11.8 Å². The van der Waals surface area contributed by atoms with Crippen molar-refractivity contribution in [3.63, 3.8) is 0 Å². The number of hydrogen-bond donors (Lipinski definition) is 1. The highest BCUT2D eigenvalue weighted by Crippen LogP contribution is 2.21. The van der Waals surface area contributed by atoms with Crippen molar-refractivity contribution in [3.8, 4) is 0 Å².